The highest BCUT2D eigenvalue weighted by Crippen LogP contribution is 2.41. The summed E-state index contributed by atoms with van der Waals surface area (Å²) in [6.07, 6.45) is 1.27. The Bertz CT molecular complexity index is 1260. The maximum absolute atomic E-state index is 13.4. The standard InChI is InChI=1S/C28H27NO3S/c1-19-13-14-29(18-19)15-16-32-23-10-7-20(8-11-23)26-24-12-9-22(30)17-25(24)33-28(26)27(31)21-5-3-2-4-6-21/h2-12,17,19,30H,13-16,18H2,1H3/t19-/m1/s1. The molecule has 33 heavy (non-hydrogen) atoms. The number of ether oxygens (including phenoxy) is 1. The summed E-state index contributed by atoms with van der Waals surface area (Å²) in [6, 6.07) is 22.6. The summed E-state index contributed by atoms with van der Waals surface area (Å²) in [5, 5.41) is 10.9. The number of phenolic OH excluding ortho intramolecular Hbond substituents is 1. The zero-order valence-electron chi connectivity index (χ0n) is 18.7. The van der Waals surface area contributed by atoms with Gasteiger partial charge in [-0.3, -0.25) is 9.69 Å². The highest BCUT2D eigenvalue weighted by Gasteiger charge is 2.21. The fourth-order valence-electron chi connectivity index (χ4n) is 4.49. The topological polar surface area (TPSA) is 49.8 Å². The first-order valence-corrected chi connectivity index (χ1v) is 12.2. The highest BCUT2D eigenvalue weighted by atomic mass is 32.1. The number of rotatable bonds is 7. The average Bonchev–Trinajstić information content (AvgIpc) is 3.42. The van der Waals surface area contributed by atoms with E-state index in [0.29, 0.717) is 17.0 Å². The number of hydrogen-bond acceptors (Lipinski definition) is 5. The quantitative estimate of drug-likeness (QED) is 0.335. The first-order valence-electron chi connectivity index (χ1n) is 11.4. The largest absolute Gasteiger partial charge is 0.508 e. The van der Waals surface area contributed by atoms with Gasteiger partial charge in [0.15, 0.2) is 0 Å². The number of hydrogen-bond donors (Lipinski definition) is 1. The Morgan fingerprint density at radius 3 is 2.61 bits per heavy atom. The van der Waals surface area contributed by atoms with E-state index in [1.165, 1.54) is 17.8 Å². The molecule has 1 aliphatic heterocycles. The van der Waals surface area contributed by atoms with Gasteiger partial charge in [0.1, 0.15) is 18.1 Å². The van der Waals surface area contributed by atoms with Crippen molar-refractivity contribution in [3.05, 3.63) is 83.2 Å². The predicted octanol–water partition coefficient (Wildman–Crippen LogP) is 6.23. The van der Waals surface area contributed by atoms with Crippen LogP contribution in [0.25, 0.3) is 21.2 Å². The third-order valence-electron chi connectivity index (χ3n) is 6.24. The number of phenols is 1. The number of thiophene rings is 1. The first kappa shape index (κ1) is 21.7. The second-order valence-electron chi connectivity index (χ2n) is 8.75. The third-order valence-corrected chi connectivity index (χ3v) is 7.39. The lowest BCUT2D eigenvalue weighted by Gasteiger charge is -2.15. The first-order chi connectivity index (χ1) is 16.1. The molecule has 0 aliphatic carbocycles. The SMILES string of the molecule is C[C@@H]1CCN(CCOc2ccc(-c3c(C(=O)c4ccccc4)sc4cc(O)ccc34)cc2)C1. The molecule has 2 heterocycles. The van der Waals surface area contributed by atoms with Crippen LogP contribution in [-0.2, 0) is 0 Å². The molecule has 168 valence electrons. The predicted molar refractivity (Wildman–Crippen MR) is 135 cm³/mol. The minimum absolute atomic E-state index is 0.00791. The van der Waals surface area contributed by atoms with Gasteiger partial charge < -0.3 is 9.84 Å². The number of carbonyl (C=O) groups excluding carboxylic acids is 1. The molecule has 1 aromatic heterocycles. The monoisotopic (exact) mass is 457 g/mol. The van der Waals surface area contributed by atoms with Crippen LogP contribution in [0.5, 0.6) is 11.5 Å². The van der Waals surface area contributed by atoms with Gasteiger partial charge in [0.05, 0.1) is 4.88 Å². The molecule has 0 saturated carbocycles. The van der Waals surface area contributed by atoms with Gasteiger partial charge in [-0.1, -0.05) is 49.4 Å². The number of nitrogens with zero attached hydrogens (tertiary/aromatic N) is 1. The number of likely N-dealkylation sites (tertiary alicyclic amines) is 1. The molecule has 4 nitrogen and oxygen atoms in total. The van der Waals surface area contributed by atoms with Crippen molar-refractivity contribution in [1.29, 1.82) is 0 Å². The normalized spacial score (nSPS) is 16.3. The Kier molecular flexibility index (Phi) is 6.16. The second-order valence-corrected chi connectivity index (χ2v) is 9.80. The van der Waals surface area contributed by atoms with Crippen molar-refractivity contribution in [2.75, 3.05) is 26.2 Å². The molecule has 1 saturated heterocycles. The molecule has 3 aromatic carbocycles. The second kappa shape index (κ2) is 9.38. The Labute approximate surface area is 198 Å². The van der Waals surface area contributed by atoms with Crippen molar-refractivity contribution < 1.29 is 14.6 Å². The smallest absolute Gasteiger partial charge is 0.203 e. The molecular formula is C28H27NO3S. The molecule has 1 N–H and O–H groups in total. The van der Waals surface area contributed by atoms with Crippen LogP contribution in [0.15, 0.2) is 72.8 Å². The van der Waals surface area contributed by atoms with E-state index in [-0.39, 0.29) is 11.5 Å². The van der Waals surface area contributed by atoms with Crippen molar-refractivity contribution in [1.82, 2.24) is 4.90 Å². The van der Waals surface area contributed by atoms with E-state index in [1.54, 1.807) is 12.1 Å². The summed E-state index contributed by atoms with van der Waals surface area (Å²) in [5.41, 5.74) is 2.53. The summed E-state index contributed by atoms with van der Waals surface area (Å²) in [5.74, 6) is 1.80. The van der Waals surface area contributed by atoms with Gasteiger partial charge in [-0.05, 0) is 54.8 Å². The third kappa shape index (κ3) is 4.65. The molecule has 0 radical (unpaired) electrons. The highest BCUT2D eigenvalue weighted by molar-refractivity contribution is 7.21. The molecule has 5 heteroatoms. The molecule has 0 amide bonds. The Morgan fingerprint density at radius 2 is 1.88 bits per heavy atom. The summed E-state index contributed by atoms with van der Waals surface area (Å²) in [6.45, 7) is 6.22. The minimum atomic E-state index is -0.00791. The molecule has 0 unspecified atom stereocenters. The Morgan fingerprint density at radius 1 is 1.09 bits per heavy atom. The molecule has 1 aliphatic rings. The van der Waals surface area contributed by atoms with Crippen LogP contribution < -0.4 is 4.74 Å². The van der Waals surface area contributed by atoms with Crippen LogP contribution in [0.1, 0.15) is 28.6 Å². The Balaban J connectivity index is 1.42. The van der Waals surface area contributed by atoms with Gasteiger partial charge in [-0.25, -0.2) is 0 Å². The fraction of sp³-hybridized carbons (Fsp3) is 0.250. The number of fused-ring (bicyclic) bond motifs is 1. The van der Waals surface area contributed by atoms with E-state index in [2.05, 4.69) is 11.8 Å². The molecule has 0 spiro atoms. The van der Waals surface area contributed by atoms with Crippen LogP contribution in [0.2, 0.25) is 0 Å². The summed E-state index contributed by atoms with van der Waals surface area (Å²) in [7, 11) is 0. The van der Waals surface area contributed by atoms with E-state index >= 15 is 0 Å². The van der Waals surface area contributed by atoms with Crippen molar-refractivity contribution in [2.24, 2.45) is 5.92 Å². The molecule has 5 rings (SSSR count). The zero-order valence-corrected chi connectivity index (χ0v) is 19.5. The van der Waals surface area contributed by atoms with Crippen LogP contribution in [0.4, 0.5) is 0 Å². The van der Waals surface area contributed by atoms with Gasteiger partial charge >= 0.3 is 0 Å². The van der Waals surface area contributed by atoms with E-state index in [0.717, 1.165) is 52.5 Å². The average molecular weight is 458 g/mol. The van der Waals surface area contributed by atoms with Gasteiger partial charge in [0, 0.05) is 34.3 Å². The van der Waals surface area contributed by atoms with Gasteiger partial charge in [-0.2, -0.15) is 0 Å². The number of aromatic hydroxyl groups is 1. The number of carbonyl (C=O) groups is 1. The van der Waals surface area contributed by atoms with Gasteiger partial charge in [0.25, 0.3) is 0 Å². The maximum atomic E-state index is 13.4. The van der Waals surface area contributed by atoms with E-state index in [4.69, 9.17) is 4.74 Å². The van der Waals surface area contributed by atoms with Crippen molar-refractivity contribution in [3.8, 4) is 22.6 Å². The minimum Gasteiger partial charge on any atom is -0.508 e. The molecule has 1 fully saturated rings. The summed E-state index contributed by atoms with van der Waals surface area (Å²) in [4.78, 5) is 16.5. The molecule has 4 aromatic rings. The van der Waals surface area contributed by atoms with E-state index in [9.17, 15) is 9.90 Å². The zero-order chi connectivity index (χ0) is 22.8. The molecule has 1 atom stereocenters. The van der Waals surface area contributed by atoms with E-state index in [1.807, 2.05) is 60.7 Å². The van der Waals surface area contributed by atoms with Crippen LogP contribution in [0, 0.1) is 5.92 Å². The molecular weight excluding hydrogens is 430 g/mol. The summed E-state index contributed by atoms with van der Waals surface area (Å²) < 4.78 is 6.88. The lowest BCUT2D eigenvalue weighted by molar-refractivity contribution is 0.104. The van der Waals surface area contributed by atoms with Crippen molar-refractivity contribution in [2.45, 2.75) is 13.3 Å². The van der Waals surface area contributed by atoms with E-state index < -0.39 is 0 Å². The Hall–Kier alpha value is -3.15. The number of benzene rings is 3. The van der Waals surface area contributed by atoms with Gasteiger partial charge in [-0.15, -0.1) is 11.3 Å². The maximum Gasteiger partial charge on any atom is 0.203 e. The summed E-state index contributed by atoms with van der Waals surface area (Å²) >= 11 is 1.42. The number of ketones is 1. The van der Waals surface area contributed by atoms with Crippen LogP contribution in [-0.4, -0.2) is 42.0 Å². The van der Waals surface area contributed by atoms with Crippen LogP contribution in [0.3, 0.4) is 0 Å². The van der Waals surface area contributed by atoms with Crippen molar-refractivity contribution in [3.63, 3.8) is 0 Å². The lowest BCUT2D eigenvalue weighted by atomic mass is 9.98. The fourth-order valence-corrected chi connectivity index (χ4v) is 5.71. The van der Waals surface area contributed by atoms with Crippen LogP contribution >= 0.6 is 11.3 Å². The molecule has 0 bridgehead atoms. The van der Waals surface area contributed by atoms with Gasteiger partial charge in [0.2, 0.25) is 5.78 Å². The van der Waals surface area contributed by atoms with Crippen molar-refractivity contribution >= 4 is 27.2 Å². The lowest BCUT2D eigenvalue weighted by Crippen LogP contribution is -2.25.